The lowest BCUT2D eigenvalue weighted by molar-refractivity contribution is -0.131. The number of amides is 4. The summed E-state index contributed by atoms with van der Waals surface area (Å²) >= 11 is 0. The normalized spacial score (nSPS) is 28.4. The maximum absolute atomic E-state index is 12.2. The molecular formula is C14H20N4O3. The van der Waals surface area contributed by atoms with Crippen LogP contribution in [0.25, 0.3) is 0 Å². The third-order valence-corrected chi connectivity index (χ3v) is 4.24. The van der Waals surface area contributed by atoms with Gasteiger partial charge in [0.1, 0.15) is 12.1 Å². The Morgan fingerprint density at radius 1 is 1.57 bits per heavy atom. The average molecular weight is 292 g/mol. The maximum Gasteiger partial charge on any atom is 0.325 e. The smallest absolute Gasteiger partial charge is 0.325 e. The number of urea groups is 1. The van der Waals surface area contributed by atoms with Crippen LogP contribution in [0.1, 0.15) is 39.0 Å². The number of carbonyl (C=O) groups is 3. The Kier molecular flexibility index (Phi) is 4.46. The highest BCUT2D eigenvalue weighted by Crippen LogP contribution is 2.39. The van der Waals surface area contributed by atoms with Gasteiger partial charge in [0.05, 0.1) is 12.5 Å². The van der Waals surface area contributed by atoms with Crippen LogP contribution in [0, 0.1) is 17.2 Å². The van der Waals surface area contributed by atoms with Crippen LogP contribution in [0.4, 0.5) is 4.79 Å². The summed E-state index contributed by atoms with van der Waals surface area (Å²) in [6, 6.07) is 1.44. The van der Waals surface area contributed by atoms with E-state index in [0.717, 1.165) is 12.8 Å². The van der Waals surface area contributed by atoms with Crippen LogP contribution in [0.2, 0.25) is 0 Å². The largest absolute Gasteiger partial charge is 0.354 e. The van der Waals surface area contributed by atoms with Gasteiger partial charge >= 0.3 is 6.03 Å². The SMILES string of the molecule is CC1CCCC2(C1)C(=O)NC(=O)N2CC(=O)NCCC#N. The van der Waals surface area contributed by atoms with Crippen molar-refractivity contribution >= 4 is 17.8 Å². The topological polar surface area (TPSA) is 102 Å². The second-order valence-electron chi connectivity index (χ2n) is 5.84. The molecule has 114 valence electrons. The summed E-state index contributed by atoms with van der Waals surface area (Å²) in [5.74, 6) is -0.281. The second-order valence-corrected chi connectivity index (χ2v) is 5.84. The fraction of sp³-hybridized carbons (Fsp3) is 0.714. The average Bonchev–Trinajstić information content (AvgIpc) is 2.63. The zero-order valence-corrected chi connectivity index (χ0v) is 12.1. The number of nitrogens with one attached hydrogen (secondary N) is 2. The molecule has 0 bridgehead atoms. The number of carbonyl (C=O) groups excluding carboxylic acids is 3. The molecule has 0 radical (unpaired) electrons. The van der Waals surface area contributed by atoms with E-state index in [4.69, 9.17) is 5.26 Å². The minimum Gasteiger partial charge on any atom is -0.354 e. The van der Waals surface area contributed by atoms with Crippen molar-refractivity contribution in [1.82, 2.24) is 15.5 Å². The Balaban J connectivity index is 2.08. The van der Waals surface area contributed by atoms with Gasteiger partial charge in [-0.15, -0.1) is 0 Å². The summed E-state index contributed by atoms with van der Waals surface area (Å²) in [6.45, 7) is 2.17. The second kappa shape index (κ2) is 6.12. The Labute approximate surface area is 123 Å². The summed E-state index contributed by atoms with van der Waals surface area (Å²) in [4.78, 5) is 37.5. The molecule has 2 fully saturated rings. The van der Waals surface area contributed by atoms with Crippen LogP contribution in [0.5, 0.6) is 0 Å². The fourth-order valence-electron chi connectivity index (χ4n) is 3.25. The molecule has 1 aliphatic heterocycles. The zero-order valence-electron chi connectivity index (χ0n) is 12.1. The van der Waals surface area contributed by atoms with E-state index in [0.29, 0.717) is 18.8 Å². The molecule has 1 aliphatic carbocycles. The lowest BCUT2D eigenvalue weighted by Crippen LogP contribution is -2.55. The molecule has 1 saturated heterocycles. The van der Waals surface area contributed by atoms with Gasteiger partial charge in [0.25, 0.3) is 5.91 Å². The van der Waals surface area contributed by atoms with E-state index >= 15 is 0 Å². The molecular weight excluding hydrogens is 272 g/mol. The monoisotopic (exact) mass is 292 g/mol. The van der Waals surface area contributed by atoms with Crippen LogP contribution in [0.15, 0.2) is 0 Å². The van der Waals surface area contributed by atoms with E-state index in [1.54, 1.807) is 0 Å². The quantitative estimate of drug-likeness (QED) is 0.582. The van der Waals surface area contributed by atoms with Gasteiger partial charge in [-0.25, -0.2) is 4.79 Å². The van der Waals surface area contributed by atoms with Crippen molar-refractivity contribution in [2.75, 3.05) is 13.1 Å². The molecule has 0 aromatic carbocycles. The number of imide groups is 1. The van der Waals surface area contributed by atoms with Crippen molar-refractivity contribution in [3.8, 4) is 6.07 Å². The van der Waals surface area contributed by atoms with Gasteiger partial charge in [-0.2, -0.15) is 5.26 Å². The third kappa shape index (κ3) is 2.99. The molecule has 2 unspecified atom stereocenters. The highest BCUT2D eigenvalue weighted by molar-refractivity contribution is 6.08. The first kappa shape index (κ1) is 15.3. The molecule has 2 aliphatic rings. The molecule has 1 spiro atoms. The lowest BCUT2D eigenvalue weighted by Gasteiger charge is -2.40. The number of hydrogen-bond acceptors (Lipinski definition) is 4. The molecule has 4 amide bonds. The molecule has 2 rings (SSSR count). The summed E-state index contributed by atoms with van der Waals surface area (Å²) in [7, 11) is 0. The van der Waals surface area contributed by atoms with Crippen molar-refractivity contribution in [3.63, 3.8) is 0 Å². The first-order valence-electron chi connectivity index (χ1n) is 7.26. The van der Waals surface area contributed by atoms with E-state index in [2.05, 4.69) is 17.6 Å². The Bertz CT molecular complexity index is 499. The zero-order chi connectivity index (χ0) is 15.5. The fourth-order valence-corrected chi connectivity index (χ4v) is 3.25. The Morgan fingerprint density at radius 2 is 2.33 bits per heavy atom. The van der Waals surface area contributed by atoms with E-state index in [1.807, 2.05) is 6.07 Å². The molecule has 1 heterocycles. The number of hydrogen-bond donors (Lipinski definition) is 2. The first-order chi connectivity index (χ1) is 9.99. The van der Waals surface area contributed by atoms with Crippen molar-refractivity contribution in [1.29, 1.82) is 5.26 Å². The summed E-state index contributed by atoms with van der Waals surface area (Å²) in [5.41, 5.74) is -0.874. The molecule has 7 nitrogen and oxygen atoms in total. The molecule has 2 atom stereocenters. The van der Waals surface area contributed by atoms with Gasteiger partial charge in [-0.05, 0) is 18.8 Å². The molecule has 21 heavy (non-hydrogen) atoms. The van der Waals surface area contributed by atoms with Crippen LogP contribution in [0.3, 0.4) is 0 Å². The third-order valence-electron chi connectivity index (χ3n) is 4.24. The summed E-state index contributed by atoms with van der Waals surface area (Å²) in [6.07, 6.45) is 3.31. The first-order valence-corrected chi connectivity index (χ1v) is 7.26. The highest BCUT2D eigenvalue weighted by Gasteiger charge is 2.54. The van der Waals surface area contributed by atoms with E-state index in [9.17, 15) is 14.4 Å². The van der Waals surface area contributed by atoms with Crippen molar-refractivity contribution in [2.24, 2.45) is 5.92 Å². The summed E-state index contributed by atoms with van der Waals surface area (Å²) < 4.78 is 0. The van der Waals surface area contributed by atoms with Crippen molar-refractivity contribution in [3.05, 3.63) is 0 Å². The van der Waals surface area contributed by atoms with Gasteiger partial charge in [0.2, 0.25) is 5.91 Å². The standard InChI is InChI=1S/C14H20N4O3/c1-10-4-2-5-14(8-10)12(20)17-13(21)18(14)9-11(19)16-7-3-6-15/h10H,2-5,7-9H2,1H3,(H,16,19)(H,17,20,21). The van der Waals surface area contributed by atoms with Gasteiger partial charge in [-0.3, -0.25) is 14.9 Å². The predicted molar refractivity (Wildman–Crippen MR) is 73.8 cm³/mol. The highest BCUT2D eigenvalue weighted by atomic mass is 16.2. The lowest BCUT2D eigenvalue weighted by atomic mass is 9.75. The Hall–Kier alpha value is -2.10. The van der Waals surface area contributed by atoms with Crippen LogP contribution in [-0.2, 0) is 9.59 Å². The van der Waals surface area contributed by atoms with E-state index in [1.165, 1.54) is 4.90 Å². The minimum atomic E-state index is -0.874. The predicted octanol–water partition coefficient (Wildman–Crippen LogP) is 0.517. The summed E-state index contributed by atoms with van der Waals surface area (Å²) in [5, 5.41) is 13.4. The molecule has 1 saturated carbocycles. The van der Waals surface area contributed by atoms with Crippen molar-refractivity contribution in [2.45, 2.75) is 44.6 Å². The van der Waals surface area contributed by atoms with E-state index in [-0.39, 0.29) is 31.3 Å². The van der Waals surface area contributed by atoms with Crippen molar-refractivity contribution < 1.29 is 14.4 Å². The maximum atomic E-state index is 12.2. The number of nitrogens with zero attached hydrogens (tertiary/aromatic N) is 2. The van der Waals surface area contributed by atoms with E-state index < -0.39 is 11.6 Å². The van der Waals surface area contributed by atoms with Gasteiger partial charge in [0, 0.05) is 6.54 Å². The number of rotatable bonds is 4. The number of nitriles is 1. The molecule has 0 aromatic rings. The molecule has 2 N–H and O–H groups in total. The molecule has 0 aromatic heterocycles. The molecule has 7 heteroatoms. The van der Waals surface area contributed by atoms with Crippen LogP contribution in [-0.4, -0.2) is 41.4 Å². The van der Waals surface area contributed by atoms with Gasteiger partial charge in [0.15, 0.2) is 0 Å². The van der Waals surface area contributed by atoms with Crippen LogP contribution >= 0.6 is 0 Å². The van der Waals surface area contributed by atoms with Gasteiger partial charge in [-0.1, -0.05) is 19.8 Å². The van der Waals surface area contributed by atoms with Crippen LogP contribution < -0.4 is 10.6 Å². The Morgan fingerprint density at radius 3 is 3.00 bits per heavy atom. The minimum absolute atomic E-state index is 0.143. The van der Waals surface area contributed by atoms with Gasteiger partial charge < -0.3 is 10.2 Å².